The van der Waals surface area contributed by atoms with Gasteiger partial charge in [0, 0.05) is 4.48 Å². The van der Waals surface area contributed by atoms with E-state index in [1.807, 2.05) is 0 Å². The van der Waals surface area contributed by atoms with Crippen LogP contribution < -0.4 is 0 Å². The van der Waals surface area contributed by atoms with E-state index in [4.69, 9.17) is 0 Å². The Morgan fingerprint density at radius 3 is 2.42 bits per heavy atom. The maximum Gasteiger partial charge on any atom is 0.0170 e. The van der Waals surface area contributed by atoms with Crippen molar-refractivity contribution in [2.45, 2.75) is 38.5 Å². The lowest BCUT2D eigenvalue weighted by Crippen LogP contribution is -2.08. The van der Waals surface area contributed by atoms with Crippen LogP contribution in [0.25, 0.3) is 0 Å². The maximum atomic E-state index is 3.63. The molecule has 66 valence electrons. The number of halogens is 1. The third kappa shape index (κ3) is 1.66. The number of rotatable bonds is 1. The first-order valence-corrected chi connectivity index (χ1v) is 5.73. The fourth-order valence-corrected chi connectivity index (χ4v) is 2.95. The van der Waals surface area contributed by atoms with Crippen molar-refractivity contribution >= 4 is 15.9 Å². The molecule has 1 saturated carbocycles. The van der Waals surface area contributed by atoms with Crippen LogP contribution in [0.5, 0.6) is 0 Å². The lowest BCUT2D eigenvalue weighted by atomic mass is 9.84. The summed E-state index contributed by atoms with van der Waals surface area (Å²) >= 11 is 3.63. The lowest BCUT2D eigenvalue weighted by Gasteiger charge is -2.23. The van der Waals surface area contributed by atoms with E-state index in [0.717, 1.165) is 12.3 Å². The van der Waals surface area contributed by atoms with Crippen LogP contribution in [-0.2, 0) is 0 Å². The minimum Gasteiger partial charge on any atom is -0.0761 e. The molecule has 0 N–H and O–H groups in total. The monoisotopic (exact) mass is 226 g/mol. The molecule has 0 aromatic rings. The molecule has 0 aliphatic heterocycles. The zero-order valence-corrected chi connectivity index (χ0v) is 8.94. The Kier molecular flexibility index (Phi) is 2.69. The summed E-state index contributed by atoms with van der Waals surface area (Å²) in [5, 5.41) is 0. The molecular weight excluding hydrogens is 212 g/mol. The third-order valence-corrected chi connectivity index (χ3v) is 3.74. The summed E-state index contributed by atoms with van der Waals surface area (Å²) in [6, 6.07) is 0. The highest BCUT2D eigenvalue weighted by Gasteiger charge is 2.20. The summed E-state index contributed by atoms with van der Waals surface area (Å²) in [6.07, 6.45) is 13.0. The van der Waals surface area contributed by atoms with Crippen molar-refractivity contribution < 1.29 is 0 Å². The van der Waals surface area contributed by atoms with Crippen molar-refractivity contribution in [1.29, 1.82) is 0 Å². The second-order valence-corrected chi connectivity index (χ2v) is 4.64. The third-order valence-electron chi connectivity index (χ3n) is 2.96. The number of allylic oxidation sites excluding steroid dienone is 4. The normalized spacial score (nSPS) is 25.4. The van der Waals surface area contributed by atoms with E-state index < -0.39 is 0 Å². The van der Waals surface area contributed by atoms with E-state index in [1.54, 1.807) is 5.57 Å². The molecule has 1 heteroatoms. The van der Waals surface area contributed by atoms with E-state index in [0.29, 0.717) is 0 Å². The van der Waals surface area contributed by atoms with E-state index in [9.17, 15) is 0 Å². The van der Waals surface area contributed by atoms with Gasteiger partial charge in [-0.25, -0.2) is 0 Å². The van der Waals surface area contributed by atoms with E-state index in [2.05, 4.69) is 28.1 Å². The Bertz CT molecular complexity index is 219. The zero-order chi connectivity index (χ0) is 8.39. The predicted octanol–water partition coefficient (Wildman–Crippen LogP) is 4.18. The van der Waals surface area contributed by atoms with Gasteiger partial charge in [0.05, 0.1) is 0 Å². The smallest absolute Gasteiger partial charge is 0.0170 e. The molecule has 0 saturated heterocycles. The molecule has 12 heavy (non-hydrogen) atoms. The zero-order valence-electron chi connectivity index (χ0n) is 7.35. The fourth-order valence-electron chi connectivity index (χ4n) is 2.28. The van der Waals surface area contributed by atoms with Crippen LogP contribution >= 0.6 is 15.9 Å². The Labute approximate surface area is 82.9 Å². The molecule has 0 heterocycles. The molecule has 0 spiro atoms. The summed E-state index contributed by atoms with van der Waals surface area (Å²) in [5.41, 5.74) is 1.59. The average Bonchev–Trinajstić information content (AvgIpc) is 2.53. The van der Waals surface area contributed by atoms with Crippen molar-refractivity contribution in [3.05, 3.63) is 22.2 Å². The lowest BCUT2D eigenvalue weighted by molar-refractivity contribution is 0.408. The van der Waals surface area contributed by atoms with Gasteiger partial charge in [-0.2, -0.15) is 0 Å². The second-order valence-electron chi connectivity index (χ2n) is 3.78. The van der Waals surface area contributed by atoms with Crippen LogP contribution in [0.2, 0.25) is 0 Å². The van der Waals surface area contributed by atoms with Crippen molar-refractivity contribution in [2.75, 3.05) is 0 Å². The van der Waals surface area contributed by atoms with Gasteiger partial charge in [0.25, 0.3) is 0 Å². The molecule has 0 radical (unpaired) electrons. The van der Waals surface area contributed by atoms with Crippen molar-refractivity contribution in [2.24, 2.45) is 5.92 Å². The van der Waals surface area contributed by atoms with Crippen molar-refractivity contribution in [3.8, 4) is 0 Å². The summed E-state index contributed by atoms with van der Waals surface area (Å²) < 4.78 is 1.37. The molecule has 2 rings (SSSR count). The van der Waals surface area contributed by atoms with Crippen LogP contribution in [0.15, 0.2) is 22.2 Å². The molecule has 0 aromatic heterocycles. The maximum absolute atomic E-state index is 3.63. The topological polar surface area (TPSA) is 0 Å². The van der Waals surface area contributed by atoms with E-state index >= 15 is 0 Å². The fraction of sp³-hybridized carbons (Fsp3) is 0.636. The van der Waals surface area contributed by atoms with Crippen LogP contribution in [0.3, 0.4) is 0 Å². The minimum absolute atomic E-state index is 0.867. The van der Waals surface area contributed by atoms with Gasteiger partial charge in [-0.1, -0.05) is 47.3 Å². The van der Waals surface area contributed by atoms with Gasteiger partial charge in [-0.3, -0.25) is 0 Å². The van der Waals surface area contributed by atoms with Gasteiger partial charge in [-0.15, -0.1) is 0 Å². The van der Waals surface area contributed by atoms with Crippen LogP contribution in [0.1, 0.15) is 38.5 Å². The first-order valence-electron chi connectivity index (χ1n) is 4.94. The Morgan fingerprint density at radius 1 is 1.08 bits per heavy atom. The summed E-state index contributed by atoms with van der Waals surface area (Å²) in [6.45, 7) is 0. The Morgan fingerprint density at radius 2 is 1.83 bits per heavy atom. The highest BCUT2D eigenvalue weighted by Crippen LogP contribution is 2.38. The molecule has 1 fully saturated rings. The quantitative estimate of drug-likeness (QED) is 0.630. The molecular formula is C11H15Br. The molecule has 0 amide bonds. The largest absolute Gasteiger partial charge is 0.0761 e. The van der Waals surface area contributed by atoms with Gasteiger partial charge in [0.2, 0.25) is 0 Å². The molecule has 0 bridgehead atoms. The molecule has 0 nitrogen and oxygen atoms in total. The average molecular weight is 227 g/mol. The second kappa shape index (κ2) is 3.78. The van der Waals surface area contributed by atoms with Crippen molar-refractivity contribution in [3.63, 3.8) is 0 Å². The predicted molar refractivity (Wildman–Crippen MR) is 56.3 cm³/mol. The number of hydrogen-bond donors (Lipinski definition) is 0. The SMILES string of the molecule is BrC1=CCC=C1C1CCCCC1. The van der Waals surface area contributed by atoms with E-state index in [1.165, 1.54) is 36.6 Å². The molecule has 2 aliphatic rings. The number of hydrogen-bond acceptors (Lipinski definition) is 0. The summed E-state index contributed by atoms with van der Waals surface area (Å²) in [7, 11) is 0. The first kappa shape index (κ1) is 8.55. The van der Waals surface area contributed by atoms with Gasteiger partial charge in [0.15, 0.2) is 0 Å². The standard InChI is InChI=1S/C11H15Br/c12-11-8-4-7-10(11)9-5-2-1-3-6-9/h7-9H,1-6H2. The molecule has 0 unspecified atom stereocenters. The van der Waals surface area contributed by atoms with Crippen LogP contribution in [0, 0.1) is 5.92 Å². The highest BCUT2D eigenvalue weighted by atomic mass is 79.9. The van der Waals surface area contributed by atoms with Gasteiger partial charge < -0.3 is 0 Å². The summed E-state index contributed by atoms with van der Waals surface area (Å²) in [4.78, 5) is 0. The van der Waals surface area contributed by atoms with Gasteiger partial charge in [0.1, 0.15) is 0 Å². The Hall–Kier alpha value is -0.0400. The van der Waals surface area contributed by atoms with Crippen LogP contribution in [-0.4, -0.2) is 0 Å². The summed E-state index contributed by atoms with van der Waals surface area (Å²) in [5.74, 6) is 0.867. The molecule has 0 atom stereocenters. The van der Waals surface area contributed by atoms with Crippen molar-refractivity contribution in [1.82, 2.24) is 0 Å². The molecule has 2 aliphatic carbocycles. The highest BCUT2D eigenvalue weighted by molar-refractivity contribution is 9.12. The van der Waals surface area contributed by atoms with Gasteiger partial charge in [-0.05, 0) is 30.8 Å². The van der Waals surface area contributed by atoms with Gasteiger partial charge >= 0.3 is 0 Å². The molecule has 0 aromatic carbocycles. The first-order chi connectivity index (χ1) is 5.88. The Balaban J connectivity index is 2.03. The minimum atomic E-state index is 0.867. The van der Waals surface area contributed by atoms with Crippen LogP contribution in [0.4, 0.5) is 0 Å². The van der Waals surface area contributed by atoms with E-state index in [-0.39, 0.29) is 0 Å².